The van der Waals surface area contributed by atoms with E-state index < -0.39 is 0 Å². The van der Waals surface area contributed by atoms with Gasteiger partial charge < -0.3 is 9.80 Å². The molecule has 0 heterocycles. The quantitative estimate of drug-likeness (QED) is 0.134. The summed E-state index contributed by atoms with van der Waals surface area (Å²) in [6.45, 7) is 0. The lowest BCUT2D eigenvalue weighted by molar-refractivity contribution is 0.389. The van der Waals surface area contributed by atoms with Crippen LogP contribution >= 0.6 is 0 Å². The van der Waals surface area contributed by atoms with Crippen molar-refractivity contribution in [2.45, 2.75) is 62.3 Å². The number of anilines is 5. The van der Waals surface area contributed by atoms with E-state index in [0.717, 1.165) is 36.3 Å². The van der Waals surface area contributed by atoms with Crippen LogP contribution < -0.4 is 9.80 Å². The zero-order valence-corrected chi connectivity index (χ0v) is 37.4. The van der Waals surface area contributed by atoms with Crippen LogP contribution in [0.2, 0.25) is 0 Å². The van der Waals surface area contributed by atoms with Crippen LogP contribution in [0.4, 0.5) is 28.4 Å². The van der Waals surface area contributed by atoms with Crippen LogP contribution in [-0.2, 0) is 12.8 Å². The van der Waals surface area contributed by atoms with Gasteiger partial charge in [-0.2, -0.15) is 0 Å². The first-order valence-corrected chi connectivity index (χ1v) is 24.1. The molecule has 9 aromatic rings. The number of hydrogen-bond acceptors (Lipinski definition) is 2. The molecule has 0 spiro atoms. The molecule has 0 N–H and O–H groups in total. The Morgan fingerprint density at radius 1 is 0.364 bits per heavy atom. The summed E-state index contributed by atoms with van der Waals surface area (Å²) in [5.74, 6) is 0.651. The van der Waals surface area contributed by atoms with Gasteiger partial charge in [-0.25, -0.2) is 0 Å². The summed E-state index contributed by atoms with van der Waals surface area (Å²) in [6, 6.07) is 81.7. The van der Waals surface area contributed by atoms with Gasteiger partial charge in [-0.15, -0.1) is 0 Å². The van der Waals surface area contributed by atoms with Crippen molar-refractivity contribution in [2.75, 3.05) is 9.80 Å². The van der Waals surface area contributed by atoms with Gasteiger partial charge in [-0.3, -0.25) is 0 Å². The van der Waals surface area contributed by atoms with Gasteiger partial charge in [0.15, 0.2) is 0 Å². The highest BCUT2D eigenvalue weighted by Gasteiger charge is 2.38. The molecule has 3 aliphatic carbocycles. The monoisotopic (exact) mass is 850 g/mol. The average Bonchev–Trinajstić information content (AvgIpc) is 3.39. The highest BCUT2D eigenvalue weighted by atomic mass is 15.2. The van der Waals surface area contributed by atoms with E-state index in [0.29, 0.717) is 12.0 Å². The molecule has 66 heavy (non-hydrogen) atoms. The Morgan fingerprint density at radius 3 is 1.35 bits per heavy atom. The molecule has 12 rings (SSSR count). The van der Waals surface area contributed by atoms with Gasteiger partial charge in [-0.05, 0) is 160 Å². The van der Waals surface area contributed by atoms with Gasteiger partial charge in [0, 0.05) is 46.3 Å². The largest absolute Gasteiger partial charge is 0.338 e. The Kier molecular flexibility index (Phi) is 10.6. The number of fused-ring (bicyclic) bond motifs is 4. The molecule has 2 unspecified atom stereocenters. The fourth-order valence-electron chi connectivity index (χ4n) is 12.2. The minimum Gasteiger partial charge on any atom is -0.338 e. The molecule has 0 aromatic heterocycles. The van der Waals surface area contributed by atoms with Gasteiger partial charge in [0.1, 0.15) is 0 Å². The number of allylic oxidation sites excluding steroid dienone is 2. The van der Waals surface area contributed by atoms with Crippen molar-refractivity contribution in [3.05, 3.63) is 281 Å². The van der Waals surface area contributed by atoms with Crippen molar-refractivity contribution < 1.29 is 0 Å². The summed E-state index contributed by atoms with van der Waals surface area (Å²) in [4.78, 5) is 5.02. The van der Waals surface area contributed by atoms with Crippen molar-refractivity contribution in [1.82, 2.24) is 0 Å². The fraction of sp³-hybridized carbons (Fsp3) is 0.156. The third-order valence-corrected chi connectivity index (χ3v) is 14.8. The van der Waals surface area contributed by atoms with E-state index in [2.05, 4.69) is 240 Å². The summed E-state index contributed by atoms with van der Waals surface area (Å²) >= 11 is 0. The standard InChI is InChI=1S/C64H54N2/c1-5-25-47(26-6-1)65(48-27-7-2-8-28-48)51-33-21-23-45(43-51)61-53-35-13-17-39-57(53)63(58-40-18-14-36-54(58)61)64-59-41-19-15-37-55(59)62(56-38-16-20-42-60(56)64)46-24-22-34-52(44-46)66(49-29-9-3-10-30-49)50-31-11-4-12-32-50/h1-21,23,25-33,35-37,39-41,43,46,52,61,63H,22,24,34,38,42,44H2. The normalized spacial score (nSPS) is 18.5. The van der Waals surface area contributed by atoms with E-state index in [-0.39, 0.29) is 11.8 Å². The van der Waals surface area contributed by atoms with Gasteiger partial charge in [0.2, 0.25) is 0 Å². The summed E-state index contributed by atoms with van der Waals surface area (Å²) < 4.78 is 0. The summed E-state index contributed by atoms with van der Waals surface area (Å²) in [7, 11) is 0. The third-order valence-electron chi connectivity index (χ3n) is 14.8. The lowest BCUT2D eigenvalue weighted by atomic mass is 9.65. The van der Waals surface area contributed by atoms with E-state index >= 15 is 0 Å². The van der Waals surface area contributed by atoms with Crippen LogP contribution in [0.5, 0.6) is 0 Å². The second kappa shape index (κ2) is 17.5. The van der Waals surface area contributed by atoms with Crippen molar-refractivity contribution in [1.29, 1.82) is 0 Å². The predicted octanol–water partition coefficient (Wildman–Crippen LogP) is 16.5. The molecule has 1 fully saturated rings. The molecule has 0 amide bonds. The Hall–Kier alpha value is -7.42. The molecular formula is C64H54N2. The smallest absolute Gasteiger partial charge is 0.0464 e. The van der Waals surface area contributed by atoms with Crippen molar-refractivity contribution in [3.63, 3.8) is 0 Å². The average molecular weight is 851 g/mol. The number of benzene rings is 9. The molecule has 1 saturated carbocycles. The van der Waals surface area contributed by atoms with E-state index in [1.165, 1.54) is 74.8 Å². The molecular weight excluding hydrogens is 797 g/mol. The molecule has 0 bridgehead atoms. The van der Waals surface area contributed by atoms with E-state index in [1.807, 2.05) is 0 Å². The number of nitrogens with zero attached hydrogens (tertiary/aromatic N) is 2. The first-order valence-electron chi connectivity index (χ1n) is 24.1. The van der Waals surface area contributed by atoms with Gasteiger partial charge in [-0.1, -0.05) is 176 Å². The Labute approximate surface area is 390 Å². The fourth-order valence-corrected chi connectivity index (χ4v) is 12.2. The molecule has 320 valence electrons. The van der Waals surface area contributed by atoms with Crippen LogP contribution in [-0.4, -0.2) is 6.04 Å². The molecule has 0 aliphatic heterocycles. The zero-order valence-electron chi connectivity index (χ0n) is 37.4. The first-order chi connectivity index (χ1) is 32.8. The molecule has 0 radical (unpaired) electrons. The maximum atomic E-state index is 2.64. The van der Waals surface area contributed by atoms with Crippen LogP contribution in [0.1, 0.15) is 93.5 Å². The van der Waals surface area contributed by atoms with Crippen LogP contribution in [0, 0.1) is 0 Å². The van der Waals surface area contributed by atoms with Gasteiger partial charge in [0.25, 0.3) is 0 Å². The summed E-state index contributed by atoms with van der Waals surface area (Å²) in [6.07, 6.45) is 11.6. The second-order valence-corrected chi connectivity index (χ2v) is 18.5. The minimum absolute atomic E-state index is 0.0830. The highest BCUT2D eigenvalue weighted by Crippen LogP contribution is 2.54. The van der Waals surface area contributed by atoms with Gasteiger partial charge in [0.05, 0.1) is 0 Å². The molecule has 0 saturated heterocycles. The van der Waals surface area contributed by atoms with Crippen molar-refractivity contribution >= 4 is 39.2 Å². The van der Waals surface area contributed by atoms with Gasteiger partial charge >= 0.3 is 0 Å². The highest BCUT2D eigenvalue weighted by molar-refractivity contribution is 5.94. The van der Waals surface area contributed by atoms with E-state index in [4.69, 9.17) is 0 Å². The lowest BCUT2D eigenvalue weighted by Crippen LogP contribution is -2.35. The number of hydrogen-bond donors (Lipinski definition) is 0. The molecule has 9 aromatic carbocycles. The lowest BCUT2D eigenvalue weighted by Gasteiger charge is -2.41. The predicted molar refractivity (Wildman–Crippen MR) is 276 cm³/mol. The molecule has 3 aliphatic rings. The minimum atomic E-state index is 0.0830. The summed E-state index contributed by atoms with van der Waals surface area (Å²) in [5, 5.41) is 2.87. The maximum absolute atomic E-state index is 2.64. The third kappa shape index (κ3) is 7.13. The van der Waals surface area contributed by atoms with E-state index in [9.17, 15) is 0 Å². The summed E-state index contributed by atoms with van der Waals surface area (Å²) in [5.41, 5.74) is 19.2. The van der Waals surface area contributed by atoms with Crippen molar-refractivity contribution in [3.8, 4) is 0 Å². The molecule has 2 nitrogen and oxygen atoms in total. The molecule has 2 heteroatoms. The topological polar surface area (TPSA) is 6.48 Å². The maximum Gasteiger partial charge on any atom is 0.0464 e. The van der Waals surface area contributed by atoms with Crippen molar-refractivity contribution in [2.24, 2.45) is 0 Å². The van der Waals surface area contributed by atoms with E-state index in [1.54, 1.807) is 16.7 Å². The van der Waals surface area contributed by atoms with Crippen LogP contribution in [0.25, 0.3) is 10.8 Å². The number of para-hydroxylation sites is 4. The molecule has 2 atom stereocenters. The van der Waals surface area contributed by atoms with Crippen LogP contribution in [0.15, 0.2) is 231 Å². The SMILES string of the molecule is C1=CCc2c(c(C3CCCC(N(c4ccccc4)c4ccccc4)C3)c3ccccc3c2C2c3ccccc3C(c3cccc(N(c4ccccc4)c4ccccc4)c3)c3ccccc32)C1. The number of rotatable bonds is 9. The van der Waals surface area contributed by atoms with Crippen LogP contribution in [0.3, 0.4) is 0 Å². The first kappa shape index (κ1) is 40.1. The Morgan fingerprint density at radius 2 is 0.803 bits per heavy atom. The zero-order chi connectivity index (χ0) is 43.8. The Bertz CT molecular complexity index is 3050. The Balaban J connectivity index is 0.994. The second-order valence-electron chi connectivity index (χ2n) is 18.5.